The van der Waals surface area contributed by atoms with E-state index in [4.69, 9.17) is 10.00 Å². The Morgan fingerprint density at radius 1 is 1.33 bits per heavy atom. The van der Waals surface area contributed by atoms with E-state index in [1.165, 1.54) is 12.1 Å². The first-order valence-corrected chi connectivity index (χ1v) is 9.79. The Morgan fingerprint density at radius 3 is 2.70 bits per heavy atom. The molecule has 0 heterocycles. The summed E-state index contributed by atoms with van der Waals surface area (Å²) in [6.07, 6.45) is 10.5. The van der Waals surface area contributed by atoms with Gasteiger partial charge in [-0.05, 0) is 68.6 Å². The summed E-state index contributed by atoms with van der Waals surface area (Å²) in [6, 6.07) is 9.22. The van der Waals surface area contributed by atoms with Gasteiger partial charge in [0.05, 0.1) is 11.7 Å². The second kappa shape index (κ2) is 10.7. The molecule has 0 bridgehead atoms. The number of allylic oxidation sites excluding steroid dienone is 4. The number of hydrogen-bond acceptors (Lipinski definition) is 3. The standard InChI is InChI=1S/C23H28FNO2/c1-3-7-17(2)27-23(26)22-11-5-4-10-21(22)19-14-12-18(13-15-19)8-6-9-20(24)16-25/h4-6,8-11,17-19H,3,7,12-15H2,1-2H3/b8-6+,20-9?. The summed E-state index contributed by atoms with van der Waals surface area (Å²) in [5, 5.41) is 8.42. The summed E-state index contributed by atoms with van der Waals surface area (Å²) >= 11 is 0. The molecule has 2 rings (SSSR count). The zero-order valence-electron chi connectivity index (χ0n) is 16.2. The minimum absolute atomic E-state index is 0.0710. The van der Waals surface area contributed by atoms with Gasteiger partial charge in [0.1, 0.15) is 6.07 Å². The summed E-state index contributed by atoms with van der Waals surface area (Å²) in [7, 11) is 0. The highest BCUT2D eigenvalue weighted by Gasteiger charge is 2.25. The molecule has 0 radical (unpaired) electrons. The van der Waals surface area contributed by atoms with Gasteiger partial charge in [0.15, 0.2) is 5.83 Å². The van der Waals surface area contributed by atoms with Crippen molar-refractivity contribution in [1.29, 1.82) is 5.26 Å². The molecule has 0 spiro atoms. The van der Waals surface area contributed by atoms with Gasteiger partial charge >= 0.3 is 5.97 Å². The van der Waals surface area contributed by atoms with Gasteiger partial charge in [0.25, 0.3) is 0 Å². The highest BCUT2D eigenvalue weighted by atomic mass is 19.1. The smallest absolute Gasteiger partial charge is 0.338 e. The summed E-state index contributed by atoms with van der Waals surface area (Å²) in [4.78, 5) is 12.6. The molecule has 0 aliphatic heterocycles. The summed E-state index contributed by atoms with van der Waals surface area (Å²) in [5.74, 6) is -0.283. The van der Waals surface area contributed by atoms with Gasteiger partial charge in [-0.1, -0.05) is 43.7 Å². The van der Waals surface area contributed by atoms with Crippen molar-refractivity contribution in [3.05, 3.63) is 59.4 Å². The molecule has 1 saturated carbocycles. The summed E-state index contributed by atoms with van der Waals surface area (Å²) in [6.45, 7) is 4.01. The molecule has 1 fully saturated rings. The monoisotopic (exact) mass is 369 g/mol. The zero-order chi connectivity index (χ0) is 19.6. The van der Waals surface area contributed by atoms with Crippen molar-refractivity contribution in [2.45, 2.75) is 64.4 Å². The maximum Gasteiger partial charge on any atom is 0.338 e. The van der Waals surface area contributed by atoms with E-state index in [-0.39, 0.29) is 12.1 Å². The van der Waals surface area contributed by atoms with E-state index in [1.807, 2.05) is 37.3 Å². The molecule has 1 aliphatic rings. The number of halogens is 1. The molecule has 1 aromatic carbocycles. The minimum atomic E-state index is -0.773. The van der Waals surface area contributed by atoms with Gasteiger partial charge in [0, 0.05) is 0 Å². The third kappa shape index (κ3) is 6.36. The average Bonchev–Trinajstić information content (AvgIpc) is 2.68. The molecule has 4 heteroatoms. The van der Waals surface area contributed by atoms with E-state index in [2.05, 4.69) is 6.92 Å². The van der Waals surface area contributed by atoms with Crippen molar-refractivity contribution in [3.8, 4) is 6.07 Å². The number of esters is 1. The first-order chi connectivity index (χ1) is 13.0. The maximum absolute atomic E-state index is 12.8. The fourth-order valence-electron chi connectivity index (χ4n) is 3.71. The number of nitrogens with zero attached hydrogens (tertiary/aromatic N) is 1. The first-order valence-electron chi connectivity index (χ1n) is 9.79. The third-order valence-electron chi connectivity index (χ3n) is 5.13. The van der Waals surface area contributed by atoms with Crippen LogP contribution in [0.15, 0.2) is 48.3 Å². The SMILES string of the molecule is CCCC(C)OC(=O)c1ccccc1C1CCC(/C=C/C=C(F)C#N)CC1. The molecular formula is C23H28FNO2. The molecular weight excluding hydrogens is 341 g/mol. The average molecular weight is 369 g/mol. The van der Waals surface area contributed by atoms with E-state index in [0.717, 1.165) is 44.1 Å². The van der Waals surface area contributed by atoms with Crippen LogP contribution in [-0.4, -0.2) is 12.1 Å². The predicted octanol–water partition coefficient (Wildman–Crippen LogP) is 6.24. The van der Waals surface area contributed by atoms with Crippen molar-refractivity contribution in [1.82, 2.24) is 0 Å². The third-order valence-corrected chi connectivity index (χ3v) is 5.13. The van der Waals surface area contributed by atoms with Crippen LogP contribution in [0.4, 0.5) is 4.39 Å². The number of carbonyl (C=O) groups is 1. The van der Waals surface area contributed by atoms with Crippen LogP contribution in [0.1, 0.15) is 74.2 Å². The Balaban J connectivity index is 2.00. The molecule has 1 aromatic rings. The normalized spacial score (nSPS) is 21.6. The number of benzene rings is 1. The Kier molecular flexibility index (Phi) is 8.26. The largest absolute Gasteiger partial charge is 0.459 e. The highest BCUT2D eigenvalue weighted by Crippen LogP contribution is 2.37. The Hall–Kier alpha value is -2.41. The van der Waals surface area contributed by atoms with Gasteiger partial charge in [-0.25, -0.2) is 4.79 Å². The van der Waals surface area contributed by atoms with E-state index in [1.54, 1.807) is 6.08 Å². The van der Waals surface area contributed by atoms with Gasteiger partial charge in [-0.15, -0.1) is 0 Å². The predicted molar refractivity (Wildman–Crippen MR) is 105 cm³/mol. The number of nitriles is 1. The van der Waals surface area contributed by atoms with Crippen molar-refractivity contribution in [2.75, 3.05) is 0 Å². The van der Waals surface area contributed by atoms with Crippen molar-refractivity contribution >= 4 is 5.97 Å². The van der Waals surface area contributed by atoms with E-state index >= 15 is 0 Å². The Bertz CT molecular complexity index is 724. The van der Waals surface area contributed by atoms with Crippen LogP contribution < -0.4 is 0 Å². The lowest BCUT2D eigenvalue weighted by Gasteiger charge is -2.28. The van der Waals surface area contributed by atoms with Gasteiger partial charge in [0.2, 0.25) is 0 Å². The molecule has 0 N–H and O–H groups in total. The van der Waals surface area contributed by atoms with Crippen LogP contribution in [0.5, 0.6) is 0 Å². The topological polar surface area (TPSA) is 50.1 Å². The number of ether oxygens (including phenoxy) is 1. The molecule has 1 unspecified atom stereocenters. The molecule has 0 amide bonds. The first kappa shape index (κ1) is 20.9. The van der Waals surface area contributed by atoms with Crippen LogP contribution in [0, 0.1) is 17.2 Å². The highest BCUT2D eigenvalue weighted by molar-refractivity contribution is 5.91. The van der Waals surface area contributed by atoms with Gasteiger partial charge in [-0.3, -0.25) is 0 Å². The molecule has 0 aromatic heterocycles. The molecule has 1 aliphatic carbocycles. The second-order valence-electron chi connectivity index (χ2n) is 7.21. The quantitative estimate of drug-likeness (QED) is 0.325. The van der Waals surface area contributed by atoms with Crippen LogP contribution in [0.25, 0.3) is 0 Å². The Morgan fingerprint density at radius 2 is 2.04 bits per heavy atom. The molecule has 27 heavy (non-hydrogen) atoms. The van der Waals surface area contributed by atoms with Crippen LogP contribution in [0.2, 0.25) is 0 Å². The maximum atomic E-state index is 12.8. The van der Waals surface area contributed by atoms with E-state index in [9.17, 15) is 9.18 Å². The van der Waals surface area contributed by atoms with E-state index in [0.29, 0.717) is 17.4 Å². The second-order valence-corrected chi connectivity index (χ2v) is 7.21. The van der Waals surface area contributed by atoms with Gasteiger partial charge < -0.3 is 4.74 Å². The van der Waals surface area contributed by atoms with Gasteiger partial charge in [-0.2, -0.15) is 9.65 Å². The lowest BCUT2D eigenvalue weighted by atomic mass is 9.77. The fourth-order valence-corrected chi connectivity index (χ4v) is 3.71. The zero-order valence-corrected chi connectivity index (χ0v) is 16.2. The minimum Gasteiger partial charge on any atom is -0.459 e. The fraction of sp³-hybridized carbons (Fsp3) is 0.478. The lowest BCUT2D eigenvalue weighted by Crippen LogP contribution is -2.19. The van der Waals surface area contributed by atoms with Crippen molar-refractivity contribution in [3.63, 3.8) is 0 Å². The number of hydrogen-bond donors (Lipinski definition) is 0. The van der Waals surface area contributed by atoms with Crippen LogP contribution in [-0.2, 0) is 4.74 Å². The Labute approximate surface area is 161 Å². The van der Waals surface area contributed by atoms with Crippen LogP contribution >= 0.6 is 0 Å². The molecule has 1 atom stereocenters. The summed E-state index contributed by atoms with van der Waals surface area (Å²) in [5.41, 5.74) is 1.75. The van der Waals surface area contributed by atoms with Crippen LogP contribution in [0.3, 0.4) is 0 Å². The van der Waals surface area contributed by atoms with E-state index < -0.39 is 5.83 Å². The molecule has 0 saturated heterocycles. The lowest BCUT2D eigenvalue weighted by molar-refractivity contribution is 0.0321. The number of carbonyl (C=O) groups excluding carboxylic acids is 1. The van der Waals surface area contributed by atoms with Crippen molar-refractivity contribution < 1.29 is 13.9 Å². The number of rotatable bonds is 7. The summed E-state index contributed by atoms with van der Waals surface area (Å²) < 4.78 is 18.4. The molecule has 144 valence electrons. The molecule has 3 nitrogen and oxygen atoms in total. The van der Waals surface area contributed by atoms with Crippen molar-refractivity contribution in [2.24, 2.45) is 5.92 Å².